The van der Waals surface area contributed by atoms with E-state index in [1.54, 1.807) is 25.1 Å². The Bertz CT molecular complexity index is 633. The van der Waals surface area contributed by atoms with E-state index in [0.717, 1.165) is 0 Å². The fourth-order valence-corrected chi connectivity index (χ4v) is 2.44. The number of carbonyl (C=O) groups is 1. The molecule has 1 heterocycles. The van der Waals surface area contributed by atoms with Crippen molar-refractivity contribution in [1.29, 1.82) is 0 Å². The van der Waals surface area contributed by atoms with Gasteiger partial charge in [0.25, 0.3) is 5.91 Å². The van der Waals surface area contributed by atoms with Gasteiger partial charge in [-0.15, -0.1) is 0 Å². The summed E-state index contributed by atoms with van der Waals surface area (Å²) in [5, 5.41) is 50.2. The van der Waals surface area contributed by atoms with E-state index in [9.17, 15) is 20.1 Å². The summed E-state index contributed by atoms with van der Waals surface area (Å²) in [4.78, 5) is 16.1. The van der Waals surface area contributed by atoms with E-state index >= 15 is 0 Å². The fraction of sp³-hybridized carbons (Fsp3) is 0.500. The number of phenolic OH excluding ortho intramolecular Hbond substituents is 1. The average molecular weight is 354 g/mol. The smallest absolute Gasteiger partial charge is 0.252 e. The molecule has 0 spiro atoms. The molecule has 0 saturated carbocycles. The molecule has 0 saturated heterocycles. The number of phenols is 1. The maximum atomic E-state index is 11.9. The highest BCUT2D eigenvalue weighted by Crippen LogP contribution is 2.26. The van der Waals surface area contributed by atoms with Crippen LogP contribution in [0.1, 0.15) is 12.5 Å². The molecule has 6 N–H and O–H groups in total. The summed E-state index contributed by atoms with van der Waals surface area (Å²) < 4.78 is 5.52. The molecule has 0 aliphatic carbocycles. The molecule has 0 radical (unpaired) electrons. The first-order valence-corrected chi connectivity index (χ1v) is 7.80. The van der Waals surface area contributed by atoms with Crippen molar-refractivity contribution in [3.05, 3.63) is 29.8 Å². The Labute approximate surface area is 144 Å². The molecule has 1 amide bonds. The first-order chi connectivity index (χ1) is 11.9. The van der Waals surface area contributed by atoms with Gasteiger partial charge in [0.15, 0.2) is 6.10 Å². The maximum Gasteiger partial charge on any atom is 0.252 e. The quantitative estimate of drug-likeness (QED) is 0.335. The van der Waals surface area contributed by atoms with Gasteiger partial charge in [-0.1, -0.05) is 12.1 Å². The minimum absolute atomic E-state index is 0.0457. The molecule has 9 nitrogen and oxygen atoms in total. The summed E-state index contributed by atoms with van der Waals surface area (Å²) in [6, 6.07) is 4.50. The second-order valence-corrected chi connectivity index (χ2v) is 5.77. The van der Waals surface area contributed by atoms with Crippen molar-refractivity contribution in [2.24, 2.45) is 4.99 Å². The number of ether oxygens (including phenoxy) is 1. The Morgan fingerprint density at radius 1 is 1.28 bits per heavy atom. The third-order valence-corrected chi connectivity index (χ3v) is 3.91. The lowest BCUT2D eigenvalue weighted by molar-refractivity contribution is -0.138. The van der Waals surface area contributed by atoms with Crippen molar-refractivity contribution in [3.63, 3.8) is 0 Å². The zero-order valence-electron chi connectivity index (χ0n) is 13.6. The number of benzene rings is 1. The van der Waals surface area contributed by atoms with Gasteiger partial charge in [-0.2, -0.15) is 0 Å². The molecule has 0 fully saturated rings. The van der Waals surface area contributed by atoms with Gasteiger partial charge in [0.05, 0.1) is 24.8 Å². The van der Waals surface area contributed by atoms with E-state index in [-0.39, 0.29) is 11.6 Å². The lowest BCUT2D eigenvalue weighted by Gasteiger charge is -2.24. The van der Waals surface area contributed by atoms with Gasteiger partial charge < -0.3 is 35.6 Å². The summed E-state index contributed by atoms with van der Waals surface area (Å²) in [7, 11) is 0. The Morgan fingerprint density at radius 3 is 2.52 bits per heavy atom. The van der Waals surface area contributed by atoms with Crippen molar-refractivity contribution in [2.45, 2.75) is 37.3 Å². The molecular weight excluding hydrogens is 332 g/mol. The topological polar surface area (TPSA) is 152 Å². The van der Waals surface area contributed by atoms with Crippen molar-refractivity contribution in [3.8, 4) is 5.75 Å². The van der Waals surface area contributed by atoms with Crippen LogP contribution in [-0.4, -0.2) is 80.9 Å². The number of aliphatic imine (C=N–C) groups is 1. The minimum atomic E-state index is -1.83. The van der Waals surface area contributed by atoms with E-state index < -0.39 is 49.5 Å². The second-order valence-electron chi connectivity index (χ2n) is 5.77. The van der Waals surface area contributed by atoms with Crippen LogP contribution in [0.4, 0.5) is 0 Å². The highest BCUT2D eigenvalue weighted by molar-refractivity contribution is 5.98. The number of carbonyl (C=O) groups excluding carboxylic acids is 1. The van der Waals surface area contributed by atoms with Crippen LogP contribution < -0.4 is 5.32 Å². The molecule has 1 aromatic rings. The lowest BCUT2D eigenvalue weighted by atomic mass is 10.0. The molecule has 9 heteroatoms. The molecule has 1 aromatic carbocycles. The number of para-hydroxylation sites is 1. The van der Waals surface area contributed by atoms with E-state index in [1.165, 1.54) is 6.07 Å². The predicted molar refractivity (Wildman–Crippen MR) is 87.1 cm³/mol. The lowest BCUT2D eigenvalue weighted by Crippen LogP contribution is -2.52. The highest BCUT2D eigenvalue weighted by atomic mass is 16.5. The van der Waals surface area contributed by atoms with Crippen LogP contribution in [0.2, 0.25) is 0 Å². The minimum Gasteiger partial charge on any atom is -0.507 e. The molecule has 4 unspecified atom stereocenters. The second kappa shape index (κ2) is 8.26. The van der Waals surface area contributed by atoms with Gasteiger partial charge >= 0.3 is 0 Å². The van der Waals surface area contributed by atoms with E-state index in [4.69, 9.17) is 14.9 Å². The fourth-order valence-electron chi connectivity index (χ4n) is 2.44. The van der Waals surface area contributed by atoms with Crippen LogP contribution in [0.5, 0.6) is 5.75 Å². The zero-order chi connectivity index (χ0) is 18.6. The predicted octanol–water partition coefficient (Wildman–Crippen LogP) is -1.88. The van der Waals surface area contributed by atoms with E-state index in [0.29, 0.717) is 5.56 Å². The van der Waals surface area contributed by atoms with Crippen LogP contribution in [0, 0.1) is 0 Å². The molecule has 2 rings (SSSR count). The molecular formula is C16H22N2O7. The van der Waals surface area contributed by atoms with Gasteiger partial charge in [0.1, 0.15) is 24.0 Å². The molecule has 4 atom stereocenters. The molecule has 0 bridgehead atoms. The third kappa shape index (κ3) is 4.26. The molecule has 138 valence electrons. The van der Waals surface area contributed by atoms with Crippen LogP contribution >= 0.6 is 0 Å². The van der Waals surface area contributed by atoms with Crippen molar-refractivity contribution in [1.82, 2.24) is 5.32 Å². The standard InChI is InChI=1S/C16H22N2O7/c1-8-12(13(22)14(23)15(24)17-9(6-19)7-20)18-16(25-8)10-4-2-3-5-11(10)21/h2-5,8-9,12-14,19-23H,6-7H2,1H3,(H,17,24). The van der Waals surface area contributed by atoms with Crippen molar-refractivity contribution >= 4 is 11.8 Å². The van der Waals surface area contributed by atoms with Gasteiger partial charge in [0, 0.05) is 0 Å². The van der Waals surface area contributed by atoms with Crippen molar-refractivity contribution in [2.75, 3.05) is 13.2 Å². The van der Waals surface area contributed by atoms with Gasteiger partial charge in [0.2, 0.25) is 5.90 Å². The van der Waals surface area contributed by atoms with Gasteiger partial charge in [-0.3, -0.25) is 4.79 Å². The molecule has 25 heavy (non-hydrogen) atoms. The number of hydrogen-bond acceptors (Lipinski definition) is 8. The SMILES string of the molecule is CC1OC(c2ccccc2O)=NC1C(O)C(O)C(=O)NC(CO)CO. The van der Waals surface area contributed by atoms with Gasteiger partial charge in [-0.25, -0.2) is 4.99 Å². The average Bonchev–Trinajstić information content (AvgIpc) is 2.99. The number of nitrogens with zero attached hydrogens (tertiary/aromatic N) is 1. The summed E-state index contributed by atoms with van der Waals surface area (Å²) in [5.41, 5.74) is 0.337. The number of aliphatic hydroxyl groups excluding tert-OH is 4. The van der Waals surface area contributed by atoms with Crippen LogP contribution in [0.15, 0.2) is 29.3 Å². The number of rotatable bonds is 7. The number of aliphatic hydroxyl groups is 4. The van der Waals surface area contributed by atoms with Crippen molar-refractivity contribution < 1.29 is 35.1 Å². The first kappa shape index (κ1) is 19.1. The first-order valence-electron chi connectivity index (χ1n) is 7.80. The highest BCUT2D eigenvalue weighted by Gasteiger charge is 2.40. The number of aromatic hydroxyl groups is 1. The van der Waals surface area contributed by atoms with Crippen LogP contribution in [-0.2, 0) is 9.53 Å². The normalized spacial score (nSPS) is 22.2. The van der Waals surface area contributed by atoms with E-state index in [1.807, 2.05) is 0 Å². The summed E-state index contributed by atoms with van der Waals surface area (Å²) >= 11 is 0. The largest absolute Gasteiger partial charge is 0.507 e. The van der Waals surface area contributed by atoms with Crippen LogP contribution in [0.3, 0.4) is 0 Å². The number of nitrogens with one attached hydrogen (secondary N) is 1. The van der Waals surface area contributed by atoms with Crippen LogP contribution in [0.25, 0.3) is 0 Å². The van der Waals surface area contributed by atoms with Gasteiger partial charge in [-0.05, 0) is 19.1 Å². The Hall–Kier alpha value is -2.20. The third-order valence-electron chi connectivity index (χ3n) is 3.91. The summed E-state index contributed by atoms with van der Waals surface area (Å²) in [6.07, 6.45) is -4.04. The molecule has 1 aliphatic rings. The van der Waals surface area contributed by atoms with E-state index in [2.05, 4.69) is 10.3 Å². The summed E-state index contributed by atoms with van der Waals surface area (Å²) in [6.45, 7) is 0.590. The number of amides is 1. The Morgan fingerprint density at radius 2 is 1.92 bits per heavy atom. The zero-order valence-corrected chi connectivity index (χ0v) is 13.6. The monoisotopic (exact) mass is 354 g/mol. The maximum absolute atomic E-state index is 11.9. The Balaban J connectivity index is 2.11. The molecule has 1 aliphatic heterocycles. The number of hydrogen-bond donors (Lipinski definition) is 6. The Kier molecular flexibility index (Phi) is 6.32. The molecule has 0 aromatic heterocycles. The summed E-state index contributed by atoms with van der Waals surface area (Å²) in [5.74, 6) is -0.888.